The van der Waals surface area contributed by atoms with Gasteiger partial charge in [-0.3, -0.25) is 4.79 Å². The zero-order valence-corrected chi connectivity index (χ0v) is 8.05. The topological polar surface area (TPSA) is 69.6 Å². The summed E-state index contributed by atoms with van der Waals surface area (Å²) in [6, 6.07) is 9.63. The Labute approximate surface area is 83.2 Å². The lowest BCUT2D eigenvalue weighted by Crippen LogP contribution is -2.16. The fraction of sp³-hybridized carbons (Fsp3) is 0.300. The smallest absolute Gasteiger partial charge is 0.290 e. The van der Waals surface area contributed by atoms with Crippen LogP contribution < -0.4 is 5.32 Å². The van der Waals surface area contributed by atoms with E-state index in [2.05, 4.69) is 5.32 Å². The van der Waals surface area contributed by atoms with E-state index < -0.39 is 0 Å². The number of hydrogen-bond donors (Lipinski definition) is 3. The van der Waals surface area contributed by atoms with Gasteiger partial charge >= 0.3 is 0 Å². The van der Waals surface area contributed by atoms with Crippen LogP contribution in [0.2, 0.25) is 0 Å². The molecule has 0 aromatic heterocycles. The summed E-state index contributed by atoms with van der Waals surface area (Å²) < 4.78 is 0. The molecule has 0 bridgehead atoms. The van der Waals surface area contributed by atoms with Gasteiger partial charge in [0.05, 0.1) is 6.10 Å². The van der Waals surface area contributed by atoms with E-state index in [1.807, 2.05) is 37.4 Å². The molecule has 0 saturated heterocycles. The van der Waals surface area contributed by atoms with Gasteiger partial charge in [-0.1, -0.05) is 30.3 Å². The molecule has 1 aromatic carbocycles. The molecule has 1 atom stereocenters. The molecule has 1 aromatic rings. The maximum absolute atomic E-state index is 9.46. The van der Waals surface area contributed by atoms with Crippen LogP contribution in [0.4, 0.5) is 0 Å². The second-order valence-electron chi connectivity index (χ2n) is 2.59. The van der Waals surface area contributed by atoms with Crippen LogP contribution in [0.15, 0.2) is 30.3 Å². The van der Waals surface area contributed by atoms with Crippen LogP contribution in [0, 0.1) is 0 Å². The van der Waals surface area contributed by atoms with E-state index in [1.165, 1.54) is 0 Å². The molecule has 0 spiro atoms. The Morgan fingerprint density at radius 3 is 2.36 bits per heavy atom. The van der Waals surface area contributed by atoms with Crippen LogP contribution in [0.25, 0.3) is 0 Å². The summed E-state index contributed by atoms with van der Waals surface area (Å²) in [5.74, 6) is 0. The normalized spacial score (nSPS) is 11.0. The molecule has 0 heterocycles. The summed E-state index contributed by atoms with van der Waals surface area (Å²) in [5.41, 5.74) is 0.960. The number of carbonyl (C=O) groups is 1. The van der Waals surface area contributed by atoms with Crippen molar-refractivity contribution >= 4 is 6.47 Å². The number of likely N-dealkylation sites (N-methyl/N-ethyl adjacent to an activating group) is 1. The molecule has 14 heavy (non-hydrogen) atoms. The molecule has 4 nitrogen and oxygen atoms in total. The number of aliphatic hydroxyl groups is 1. The second kappa shape index (κ2) is 8.22. The van der Waals surface area contributed by atoms with E-state index in [-0.39, 0.29) is 12.6 Å². The Bertz CT molecular complexity index is 238. The summed E-state index contributed by atoms with van der Waals surface area (Å²) in [6.07, 6.45) is -0.388. The number of hydrogen-bond acceptors (Lipinski definition) is 3. The third-order valence-electron chi connectivity index (χ3n) is 1.58. The highest BCUT2D eigenvalue weighted by atomic mass is 16.3. The van der Waals surface area contributed by atoms with Gasteiger partial charge in [-0.05, 0) is 12.6 Å². The van der Waals surface area contributed by atoms with E-state index in [1.54, 1.807) is 0 Å². The Balaban J connectivity index is 0.000000500. The van der Waals surface area contributed by atoms with Crippen LogP contribution in [-0.4, -0.2) is 30.3 Å². The number of benzene rings is 1. The molecule has 0 radical (unpaired) electrons. The maximum atomic E-state index is 9.46. The van der Waals surface area contributed by atoms with Crippen LogP contribution in [0.3, 0.4) is 0 Å². The number of rotatable bonds is 3. The van der Waals surface area contributed by atoms with Crippen molar-refractivity contribution in [3.8, 4) is 0 Å². The predicted molar refractivity (Wildman–Crippen MR) is 54.0 cm³/mol. The van der Waals surface area contributed by atoms with Crippen molar-refractivity contribution in [3.63, 3.8) is 0 Å². The van der Waals surface area contributed by atoms with Gasteiger partial charge in [-0.2, -0.15) is 0 Å². The zero-order chi connectivity index (χ0) is 10.8. The molecule has 3 N–H and O–H groups in total. The molecular formula is C10H15NO3. The van der Waals surface area contributed by atoms with Crippen LogP contribution >= 0.6 is 0 Å². The van der Waals surface area contributed by atoms with Crippen molar-refractivity contribution < 1.29 is 15.0 Å². The molecular weight excluding hydrogens is 182 g/mol. The van der Waals surface area contributed by atoms with Gasteiger partial charge in [0.15, 0.2) is 0 Å². The molecule has 4 heteroatoms. The van der Waals surface area contributed by atoms with Crippen molar-refractivity contribution in [1.82, 2.24) is 5.32 Å². The largest absolute Gasteiger partial charge is 0.483 e. The van der Waals surface area contributed by atoms with E-state index in [4.69, 9.17) is 9.90 Å². The van der Waals surface area contributed by atoms with Gasteiger partial charge in [0.25, 0.3) is 6.47 Å². The third-order valence-corrected chi connectivity index (χ3v) is 1.58. The maximum Gasteiger partial charge on any atom is 0.290 e. The van der Waals surface area contributed by atoms with Crippen LogP contribution in [-0.2, 0) is 4.79 Å². The summed E-state index contributed by atoms with van der Waals surface area (Å²) in [4.78, 5) is 8.36. The number of aliphatic hydroxyl groups excluding tert-OH is 1. The Morgan fingerprint density at radius 1 is 1.43 bits per heavy atom. The van der Waals surface area contributed by atoms with Gasteiger partial charge in [0.1, 0.15) is 0 Å². The minimum Gasteiger partial charge on any atom is -0.483 e. The van der Waals surface area contributed by atoms with E-state index >= 15 is 0 Å². The van der Waals surface area contributed by atoms with Gasteiger partial charge in [-0.15, -0.1) is 0 Å². The first-order chi connectivity index (χ1) is 6.76. The average Bonchev–Trinajstić information content (AvgIpc) is 2.21. The third kappa shape index (κ3) is 5.29. The Morgan fingerprint density at radius 2 is 1.93 bits per heavy atom. The summed E-state index contributed by atoms with van der Waals surface area (Å²) in [5, 5.41) is 19.3. The quantitative estimate of drug-likeness (QED) is 0.622. The van der Waals surface area contributed by atoms with Crippen molar-refractivity contribution in [2.24, 2.45) is 0 Å². The van der Waals surface area contributed by atoms with Gasteiger partial charge < -0.3 is 15.5 Å². The van der Waals surface area contributed by atoms with Crippen LogP contribution in [0.1, 0.15) is 11.7 Å². The molecule has 0 aliphatic rings. The molecule has 0 fully saturated rings. The fourth-order valence-corrected chi connectivity index (χ4v) is 0.986. The first-order valence-electron chi connectivity index (χ1n) is 4.21. The fourth-order valence-electron chi connectivity index (χ4n) is 0.986. The lowest BCUT2D eigenvalue weighted by molar-refractivity contribution is -0.122. The first kappa shape index (κ1) is 12.6. The van der Waals surface area contributed by atoms with Gasteiger partial charge in [0.2, 0.25) is 0 Å². The average molecular weight is 197 g/mol. The highest BCUT2D eigenvalue weighted by Gasteiger charge is 2.03. The molecule has 1 rings (SSSR count). The lowest BCUT2D eigenvalue weighted by Gasteiger charge is -2.08. The van der Waals surface area contributed by atoms with Crippen molar-refractivity contribution in [2.45, 2.75) is 6.10 Å². The highest BCUT2D eigenvalue weighted by Crippen LogP contribution is 2.09. The second-order valence-corrected chi connectivity index (χ2v) is 2.59. The van der Waals surface area contributed by atoms with E-state index in [9.17, 15) is 5.11 Å². The van der Waals surface area contributed by atoms with Crippen LogP contribution in [0.5, 0.6) is 0 Å². The minimum atomic E-state index is -0.388. The molecule has 0 amide bonds. The zero-order valence-electron chi connectivity index (χ0n) is 8.05. The summed E-state index contributed by atoms with van der Waals surface area (Å²) in [6.45, 7) is 0.351. The molecule has 78 valence electrons. The minimum absolute atomic E-state index is 0.250. The Kier molecular flexibility index (Phi) is 7.40. The SMILES string of the molecule is CNC[C@@H](O)c1ccccc1.O=CO. The Hall–Kier alpha value is -1.39. The van der Waals surface area contributed by atoms with Crippen molar-refractivity contribution in [3.05, 3.63) is 35.9 Å². The predicted octanol–water partition coefficient (Wildman–Crippen LogP) is 0.640. The summed E-state index contributed by atoms with van der Waals surface area (Å²) >= 11 is 0. The van der Waals surface area contributed by atoms with E-state index in [0.717, 1.165) is 5.56 Å². The molecule has 0 aliphatic heterocycles. The van der Waals surface area contributed by atoms with Gasteiger partial charge in [-0.25, -0.2) is 0 Å². The van der Waals surface area contributed by atoms with Crippen molar-refractivity contribution in [2.75, 3.05) is 13.6 Å². The van der Waals surface area contributed by atoms with Crippen molar-refractivity contribution in [1.29, 1.82) is 0 Å². The van der Waals surface area contributed by atoms with E-state index in [0.29, 0.717) is 6.54 Å². The number of nitrogens with one attached hydrogen (secondary N) is 1. The number of carboxylic acid groups (broad SMARTS) is 1. The molecule has 0 unspecified atom stereocenters. The molecule has 0 saturated carbocycles. The molecule has 0 aliphatic carbocycles. The first-order valence-corrected chi connectivity index (χ1v) is 4.21. The lowest BCUT2D eigenvalue weighted by atomic mass is 10.1. The highest BCUT2D eigenvalue weighted by molar-refractivity contribution is 5.32. The standard InChI is InChI=1S/C9H13NO.CH2O2/c1-10-7-9(11)8-5-3-2-4-6-8;2-1-3/h2-6,9-11H,7H2,1H3;1H,(H,2,3)/t9-;/m1./s1. The monoisotopic (exact) mass is 197 g/mol. The van der Waals surface area contributed by atoms with Gasteiger partial charge in [0, 0.05) is 6.54 Å². The summed E-state index contributed by atoms with van der Waals surface area (Å²) in [7, 11) is 1.83.